The zero-order chi connectivity index (χ0) is 19.5. The second-order valence-corrected chi connectivity index (χ2v) is 6.47. The summed E-state index contributed by atoms with van der Waals surface area (Å²) in [7, 11) is 0. The first-order chi connectivity index (χ1) is 13.6. The number of anilines is 2. The maximum Gasteiger partial charge on any atom is 0.229 e. The van der Waals surface area contributed by atoms with Crippen LogP contribution in [0.15, 0.2) is 43.2 Å². The molecule has 1 amide bonds. The number of aromatic nitrogens is 5. The lowest BCUT2D eigenvalue weighted by atomic mass is 9.97. The van der Waals surface area contributed by atoms with E-state index in [4.69, 9.17) is 0 Å². The zero-order valence-electron chi connectivity index (χ0n) is 14.8. The second kappa shape index (κ2) is 7.67. The summed E-state index contributed by atoms with van der Waals surface area (Å²) in [6.45, 7) is 1.14. The lowest BCUT2D eigenvalue weighted by Crippen LogP contribution is -2.41. The molecule has 28 heavy (non-hydrogen) atoms. The van der Waals surface area contributed by atoms with Crippen molar-refractivity contribution in [2.24, 2.45) is 5.92 Å². The highest BCUT2D eigenvalue weighted by atomic mass is 19.1. The maximum absolute atomic E-state index is 13.8. The fourth-order valence-corrected chi connectivity index (χ4v) is 3.19. The van der Waals surface area contributed by atoms with Crippen molar-refractivity contribution in [3.8, 4) is 5.82 Å². The van der Waals surface area contributed by atoms with E-state index in [1.165, 1.54) is 23.7 Å². The molecule has 0 spiro atoms. The predicted molar refractivity (Wildman–Crippen MR) is 96.9 cm³/mol. The molecular weight excluding hydrogens is 368 g/mol. The van der Waals surface area contributed by atoms with Gasteiger partial charge in [-0.15, -0.1) is 0 Å². The van der Waals surface area contributed by atoms with Gasteiger partial charge in [-0.1, -0.05) is 0 Å². The number of hydrogen-bond acceptors (Lipinski definition) is 6. The molecule has 0 radical (unpaired) electrons. The van der Waals surface area contributed by atoms with Gasteiger partial charge in [0.2, 0.25) is 5.91 Å². The van der Waals surface area contributed by atoms with Crippen molar-refractivity contribution in [1.82, 2.24) is 24.7 Å². The summed E-state index contributed by atoms with van der Waals surface area (Å²) < 4.78 is 28.6. The average Bonchev–Trinajstić information content (AvgIpc) is 3.26. The summed E-state index contributed by atoms with van der Waals surface area (Å²) in [6.07, 6.45) is 5.80. The summed E-state index contributed by atoms with van der Waals surface area (Å²) in [5.41, 5.74) is -0.155. The molecule has 1 unspecified atom stereocenters. The van der Waals surface area contributed by atoms with E-state index in [0.29, 0.717) is 24.6 Å². The molecule has 2 aromatic heterocycles. The number of piperidine rings is 1. The van der Waals surface area contributed by atoms with Crippen molar-refractivity contribution in [3.05, 3.63) is 54.9 Å². The highest BCUT2D eigenvalue weighted by Gasteiger charge is 2.27. The minimum Gasteiger partial charge on any atom is -0.356 e. The molecule has 10 heteroatoms. The standard InChI is InChI=1S/C18H17F2N7O/c19-13-3-4-14(20)15(6-13)25-18(28)12-2-1-5-26(8-12)16-7-17(23-10-22-16)27-11-21-9-24-27/h3-4,6-7,9-12H,1-2,5,8H2,(H,25,28). The molecule has 1 N–H and O–H groups in total. The summed E-state index contributed by atoms with van der Waals surface area (Å²) in [4.78, 5) is 26.9. The van der Waals surface area contributed by atoms with Crippen LogP contribution in [0.4, 0.5) is 20.3 Å². The zero-order valence-corrected chi connectivity index (χ0v) is 14.8. The van der Waals surface area contributed by atoms with Gasteiger partial charge in [0.15, 0.2) is 5.82 Å². The van der Waals surface area contributed by atoms with Crippen LogP contribution in [0.25, 0.3) is 5.82 Å². The third-order valence-corrected chi connectivity index (χ3v) is 4.59. The molecule has 1 atom stereocenters. The molecule has 0 saturated carbocycles. The van der Waals surface area contributed by atoms with Gasteiger partial charge in [-0.2, -0.15) is 5.10 Å². The van der Waals surface area contributed by atoms with Gasteiger partial charge >= 0.3 is 0 Å². The third-order valence-electron chi connectivity index (χ3n) is 4.59. The van der Waals surface area contributed by atoms with Crippen molar-refractivity contribution in [1.29, 1.82) is 0 Å². The van der Waals surface area contributed by atoms with Gasteiger partial charge in [0.1, 0.15) is 36.4 Å². The Labute approximate surface area is 159 Å². The Hall–Kier alpha value is -3.43. The van der Waals surface area contributed by atoms with Crippen LogP contribution < -0.4 is 10.2 Å². The van der Waals surface area contributed by atoms with Crippen LogP contribution in [0.3, 0.4) is 0 Å². The van der Waals surface area contributed by atoms with Gasteiger partial charge in [0.05, 0.1) is 11.6 Å². The lowest BCUT2D eigenvalue weighted by Gasteiger charge is -2.32. The molecular formula is C18H17F2N7O. The predicted octanol–water partition coefficient (Wildman–Crippen LogP) is 2.19. The van der Waals surface area contributed by atoms with Crippen LogP contribution in [0.1, 0.15) is 12.8 Å². The van der Waals surface area contributed by atoms with Crippen molar-refractivity contribution < 1.29 is 13.6 Å². The SMILES string of the molecule is O=C(Nc1cc(F)ccc1F)C1CCCN(c2cc(-n3cncn3)ncn2)C1. The summed E-state index contributed by atoms with van der Waals surface area (Å²) in [5.74, 6) is -0.772. The highest BCUT2D eigenvalue weighted by Crippen LogP contribution is 2.24. The smallest absolute Gasteiger partial charge is 0.229 e. The van der Waals surface area contributed by atoms with Crippen molar-refractivity contribution in [2.45, 2.75) is 12.8 Å². The minimum absolute atomic E-state index is 0.155. The Morgan fingerprint density at radius 2 is 2.00 bits per heavy atom. The normalized spacial score (nSPS) is 16.8. The summed E-state index contributed by atoms with van der Waals surface area (Å²) in [6, 6.07) is 4.74. The van der Waals surface area contributed by atoms with E-state index in [1.54, 1.807) is 6.07 Å². The number of hydrogen-bond donors (Lipinski definition) is 1. The molecule has 144 valence electrons. The monoisotopic (exact) mass is 385 g/mol. The van der Waals surface area contributed by atoms with E-state index < -0.39 is 11.6 Å². The second-order valence-electron chi connectivity index (χ2n) is 6.47. The molecule has 3 aromatic rings. The van der Waals surface area contributed by atoms with Crippen molar-refractivity contribution >= 4 is 17.4 Å². The van der Waals surface area contributed by atoms with Crippen molar-refractivity contribution in [3.63, 3.8) is 0 Å². The molecule has 0 bridgehead atoms. The number of carbonyl (C=O) groups excluding carboxylic acids is 1. The molecule has 1 fully saturated rings. The van der Waals surface area contributed by atoms with Crippen LogP contribution in [-0.2, 0) is 4.79 Å². The highest BCUT2D eigenvalue weighted by molar-refractivity contribution is 5.93. The Kier molecular flexibility index (Phi) is 4.92. The molecule has 1 saturated heterocycles. The van der Waals surface area contributed by atoms with E-state index in [2.05, 4.69) is 25.4 Å². The van der Waals surface area contributed by atoms with Gasteiger partial charge in [0, 0.05) is 25.2 Å². The van der Waals surface area contributed by atoms with E-state index in [9.17, 15) is 13.6 Å². The van der Waals surface area contributed by atoms with Gasteiger partial charge in [0.25, 0.3) is 0 Å². The fourth-order valence-electron chi connectivity index (χ4n) is 3.19. The number of nitrogens with zero attached hydrogens (tertiary/aromatic N) is 6. The van der Waals surface area contributed by atoms with Crippen LogP contribution >= 0.6 is 0 Å². The van der Waals surface area contributed by atoms with E-state index >= 15 is 0 Å². The first-order valence-corrected chi connectivity index (χ1v) is 8.78. The van der Waals surface area contributed by atoms with Gasteiger partial charge in [-0.05, 0) is 25.0 Å². The quantitative estimate of drug-likeness (QED) is 0.741. The number of carbonyl (C=O) groups is 1. The Morgan fingerprint density at radius 3 is 2.82 bits per heavy atom. The molecule has 1 aromatic carbocycles. The molecule has 4 rings (SSSR count). The number of rotatable bonds is 4. The summed E-state index contributed by atoms with van der Waals surface area (Å²) in [5, 5.41) is 6.54. The van der Waals surface area contributed by atoms with E-state index in [1.807, 2.05) is 4.90 Å². The van der Waals surface area contributed by atoms with Crippen molar-refractivity contribution in [2.75, 3.05) is 23.3 Å². The third kappa shape index (κ3) is 3.80. The summed E-state index contributed by atoms with van der Waals surface area (Å²) >= 11 is 0. The fraction of sp³-hybridized carbons (Fsp3) is 0.278. The number of benzene rings is 1. The van der Waals surface area contributed by atoms with Crippen LogP contribution in [0, 0.1) is 17.6 Å². The van der Waals surface area contributed by atoms with Gasteiger partial charge < -0.3 is 10.2 Å². The van der Waals surface area contributed by atoms with E-state index in [-0.39, 0.29) is 17.5 Å². The van der Waals surface area contributed by atoms with Crippen LogP contribution in [0.5, 0.6) is 0 Å². The molecule has 8 nitrogen and oxygen atoms in total. The van der Waals surface area contributed by atoms with Crippen LogP contribution in [0.2, 0.25) is 0 Å². The van der Waals surface area contributed by atoms with Gasteiger partial charge in [-0.25, -0.2) is 28.4 Å². The molecule has 3 heterocycles. The number of amides is 1. The van der Waals surface area contributed by atoms with Crippen LogP contribution in [-0.4, -0.2) is 43.7 Å². The topological polar surface area (TPSA) is 88.8 Å². The average molecular weight is 385 g/mol. The Morgan fingerprint density at radius 1 is 1.14 bits per heavy atom. The minimum atomic E-state index is -0.671. The van der Waals surface area contributed by atoms with E-state index in [0.717, 1.165) is 31.2 Å². The molecule has 1 aliphatic heterocycles. The number of halogens is 2. The Balaban J connectivity index is 1.48. The first-order valence-electron chi connectivity index (χ1n) is 8.78. The number of nitrogens with one attached hydrogen (secondary N) is 1. The molecule has 0 aliphatic carbocycles. The largest absolute Gasteiger partial charge is 0.356 e. The molecule has 1 aliphatic rings. The Bertz CT molecular complexity index is 980. The van der Waals surface area contributed by atoms with Gasteiger partial charge in [-0.3, -0.25) is 4.79 Å². The lowest BCUT2D eigenvalue weighted by molar-refractivity contribution is -0.120. The first kappa shape index (κ1) is 18.0. The maximum atomic E-state index is 13.8.